The minimum Gasteiger partial charge on any atom is -0.496 e. The van der Waals surface area contributed by atoms with Crippen molar-refractivity contribution in [3.05, 3.63) is 30.0 Å². The minimum atomic E-state index is -0.863. The highest BCUT2D eigenvalue weighted by Gasteiger charge is 2.34. The number of H-pyrrole nitrogens is 1. The summed E-state index contributed by atoms with van der Waals surface area (Å²) in [5.41, 5.74) is 1.02. The molecule has 1 aliphatic rings. The number of methoxy groups -OCH3 is 1. The van der Waals surface area contributed by atoms with Gasteiger partial charge >= 0.3 is 0 Å². The van der Waals surface area contributed by atoms with Gasteiger partial charge in [0.25, 0.3) is 5.91 Å². The van der Waals surface area contributed by atoms with Gasteiger partial charge in [-0.3, -0.25) is 19.7 Å². The number of carbonyl (C=O) groups excluding carboxylic acids is 3. The van der Waals surface area contributed by atoms with Crippen LogP contribution in [0.25, 0.3) is 10.9 Å². The van der Waals surface area contributed by atoms with Gasteiger partial charge in [0.2, 0.25) is 11.8 Å². The van der Waals surface area contributed by atoms with Crippen molar-refractivity contribution >= 4 is 28.6 Å². The first kappa shape index (κ1) is 28.0. The fourth-order valence-corrected chi connectivity index (χ4v) is 4.60. The predicted molar refractivity (Wildman–Crippen MR) is 138 cm³/mol. The number of nitrogens with one attached hydrogen (secondary N) is 5. The van der Waals surface area contributed by atoms with E-state index in [2.05, 4.69) is 32.3 Å². The Bertz CT molecular complexity index is 1140. The van der Waals surface area contributed by atoms with Gasteiger partial charge in [-0.1, -0.05) is 19.9 Å². The maximum Gasteiger partial charge on any atom is 0.268 e. The lowest BCUT2D eigenvalue weighted by Crippen LogP contribution is -2.56. The van der Waals surface area contributed by atoms with E-state index in [4.69, 9.17) is 4.74 Å². The molecule has 4 atom stereocenters. The molecule has 11 nitrogen and oxygen atoms in total. The highest BCUT2D eigenvalue weighted by Crippen LogP contribution is 2.26. The van der Waals surface area contributed by atoms with E-state index in [0.717, 1.165) is 10.9 Å². The number of benzene rings is 1. The number of amides is 3. The van der Waals surface area contributed by atoms with E-state index >= 15 is 0 Å². The lowest BCUT2D eigenvalue weighted by molar-refractivity contribution is -0.126. The molecule has 1 aromatic carbocycles. The molecular weight excluding hydrogens is 476 g/mol. The van der Waals surface area contributed by atoms with E-state index in [0.29, 0.717) is 30.8 Å². The molecule has 6 N–H and O–H groups in total. The number of nitriles is 1. The third-order valence-electron chi connectivity index (χ3n) is 6.46. The summed E-state index contributed by atoms with van der Waals surface area (Å²) in [5.74, 6) is -0.611. The fraction of sp³-hybridized carbons (Fsp3) is 0.538. The van der Waals surface area contributed by atoms with Crippen LogP contribution in [0.4, 0.5) is 0 Å². The van der Waals surface area contributed by atoms with Crippen molar-refractivity contribution in [1.29, 1.82) is 5.26 Å². The molecule has 0 saturated carbocycles. The van der Waals surface area contributed by atoms with Crippen molar-refractivity contribution in [3.63, 3.8) is 0 Å². The van der Waals surface area contributed by atoms with Gasteiger partial charge in [-0.25, -0.2) is 0 Å². The molecule has 1 unspecified atom stereocenters. The van der Waals surface area contributed by atoms with Gasteiger partial charge in [-0.2, -0.15) is 5.26 Å². The molecule has 3 amide bonds. The third kappa shape index (κ3) is 7.21. The second-order valence-electron chi connectivity index (χ2n) is 9.67. The van der Waals surface area contributed by atoms with Crippen molar-refractivity contribution in [2.45, 2.75) is 51.2 Å². The molecule has 1 fully saturated rings. The Morgan fingerprint density at radius 2 is 2.08 bits per heavy atom. The van der Waals surface area contributed by atoms with E-state index in [1.54, 1.807) is 19.2 Å². The van der Waals surface area contributed by atoms with Crippen molar-refractivity contribution in [2.75, 3.05) is 26.8 Å². The maximum absolute atomic E-state index is 13.4. The number of fused-ring (bicyclic) bond motifs is 1. The summed E-state index contributed by atoms with van der Waals surface area (Å²) in [5, 5.41) is 31.1. The van der Waals surface area contributed by atoms with E-state index in [9.17, 15) is 24.8 Å². The maximum atomic E-state index is 13.4. The lowest BCUT2D eigenvalue weighted by Gasteiger charge is -2.28. The van der Waals surface area contributed by atoms with Crippen molar-refractivity contribution in [2.24, 2.45) is 11.8 Å². The molecule has 2 aromatic rings. The van der Waals surface area contributed by atoms with Crippen LogP contribution in [0.1, 0.15) is 43.6 Å². The number of aromatic amines is 1. The van der Waals surface area contributed by atoms with Crippen molar-refractivity contribution < 1.29 is 24.2 Å². The van der Waals surface area contributed by atoms with Gasteiger partial charge in [-0.05, 0) is 43.4 Å². The van der Waals surface area contributed by atoms with E-state index in [-0.39, 0.29) is 37.3 Å². The number of hydrogen-bond acceptors (Lipinski definition) is 7. The van der Waals surface area contributed by atoms with Crippen LogP contribution in [0.15, 0.2) is 24.3 Å². The lowest BCUT2D eigenvalue weighted by atomic mass is 9.93. The molecular formula is C26H36N6O5. The summed E-state index contributed by atoms with van der Waals surface area (Å²) in [4.78, 5) is 41.8. The SMILES string of the molecule is COc1cccc2[nH]c(C(=O)N[C@@H](CC(C)C)C(=O)N[C@@H](C[C@@H]3CCNC3=O)C(C#N)NCCO)cc12. The average molecular weight is 513 g/mol. The van der Waals surface area contributed by atoms with Crippen LogP contribution < -0.4 is 26.0 Å². The smallest absolute Gasteiger partial charge is 0.268 e. The summed E-state index contributed by atoms with van der Waals surface area (Å²) in [6.07, 6.45) is 1.25. The molecule has 1 saturated heterocycles. The standard InChI is InChI=1S/C26H36N6O5/c1-15(2)11-20(32-26(36)21-13-17-18(30-21)5-4-6-23(17)37-3)25(35)31-19(22(14-27)28-9-10-33)12-16-7-8-29-24(16)34/h4-6,13,15-16,19-20,22,28,30,33H,7-12H2,1-3H3,(H,29,34)(H,31,35)(H,32,36)/t16-,19-,20-,22?/m0/s1. The molecule has 1 aromatic heterocycles. The number of rotatable bonds is 13. The zero-order chi connectivity index (χ0) is 26.9. The summed E-state index contributed by atoms with van der Waals surface area (Å²) in [7, 11) is 1.56. The number of aliphatic hydroxyl groups excluding tert-OH is 1. The third-order valence-corrected chi connectivity index (χ3v) is 6.46. The second-order valence-corrected chi connectivity index (χ2v) is 9.67. The van der Waals surface area contributed by atoms with Crippen LogP contribution in [0.3, 0.4) is 0 Å². The number of hydrogen-bond donors (Lipinski definition) is 6. The molecule has 11 heteroatoms. The number of aromatic nitrogens is 1. The van der Waals surface area contributed by atoms with Crippen LogP contribution in [-0.2, 0) is 9.59 Å². The fourth-order valence-electron chi connectivity index (χ4n) is 4.60. The predicted octanol–water partition coefficient (Wildman–Crippen LogP) is 0.806. The Labute approximate surface area is 216 Å². The number of carbonyl (C=O) groups is 3. The van der Waals surface area contributed by atoms with Crippen molar-refractivity contribution in [1.82, 2.24) is 26.3 Å². The Morgan fingerprint density at radius 3 is 2.70 bits per heavy atom. The Hall–Kier alpha value is -3.62. The second kappa shape index (κ2) is 13.1. The van der Waals surface area contributed by atoms with E-state index in [1.807, 2.05) is 26.0 Å². The molecule has 0 spiro atoms. The molecule has 3 rings (SSSR count). The first-order valence-electron chi connectivity index (χ1n) is 12.6. The Balaban J connectivity index is 1.79. The van der Waals surface area contributed by atoms with Gasteiger partial charge < -0.3 is 30.8 Å². The quantitative estimate of drug-likeness (QED) is 0.231. The van der Waals surface area contributed by atoms with Gasteiger partial charge in [0.05, 0.1) is 25.8 Å². The summed E-state index contributed by atoms with van der Waals surface area (Å²) in [6.45, 7) is 4.43. The summed E-state index contributed by atoms with van der Waals surface area (Å²) < 4.78 is 5.37. The van der Waals surface area contributed by atoms with Crippen LogP contribution in [-0.4, -0.2) is 72.7 Å². The average Bonchev–Trinajstić information content (AvgIpc) is 3.49. The molecule has 0 aliphatic carbocycles. The first-order chi connectivity index (χ1) is 17.8. The van der Waals surface area contributed by atoms with Crippen LogP contribution in [0.2, 0.25) is 0 Å². The molecule has 200 valence electrons. The number of aliphatic hydroxyl groups is 1. The molecule has 0 radical (unpaired) electrons. The minimum absolute atomic E-state index is 0.0946. The zero-order valence-corrected chi connectivity index (χ0v) is 21.5. The highest BCUT2D eigenvalue weighted by molar-refractivity contribution is 6.01. The molecule has 0 bridgehead atoms. The van der Waals surface area contributed by atoms with Crippen LogP contribution in [0, 0.1) is 23.2 Å². The Kier molecular flexibility index (Phi) is 9.88. The normalized spacial score (nSPS) is 17.6. The topological polar surface area (TPSA) is 168 Å². The van der Waals surface area contributed by atoms with Gasteiger partial charge in [0.1, 0.15) is 23.5 Å². The molecule has 1 aliphatic heterocycles. The monoisotopic (exact) mass is 512 g/mol. The highest BCUT2D eigenvalue weighted by atomic mass is 16.5. The van der Waals surface area contributed by atoms with Crippen molar-refractivity contribution in [3.8, 4) is 11.8 Å². The summed E-state index contributed by atoms with van der Waals surface area (Å²) in [6, 6.07) is 6.88. The summed E-state index contributed by atoms with van der Waals surface area (Å²) >= 11 is 0. The van der Waals surface area contributed by atoms with E-state index in [1.165, 1.54) is 0 Å². The molecule has 2 heterocycles. The largest absolute Gasteiger partial charge is 0.496 e. The Morgan fingerprint density at radius 1 is 1.30 bits per heavy atom. The number of ether oxygens (including phenoxy) is 1. The van der Waals surface area contributed by atoms with Gasteiger partial charge in [0.15, 0.2) is 0 Å². The first-order valence-corrected chi connectivity index (χ1v) is 12.6. The van der Waals surface area contributed by atoms with Gasteiger partial charge in [-0.15, -0.1) is 0 Å². The van der Waals surface area contributed by atoms with Gasteiger partial charge in [0, 0.05) is 29.9 Å². The number of nitrogens with zero attached hydrogens (tertiary/aromatic N) is 1. The molecule has 37 heavy (non-hydrogen) atoms. The van der Waals surface area contributed by atoms with E-state index < -0.39 is 29.9 Å². The van der Waals surface area contributed by atoms with Crippen LogP contribution >= 0.6 is 0 Å². The van der Waals surface area contributed by atoms with Crippen LogP contribution in [0.5, 0.6) is 5.75 Å². The zero-order valence-electron chi connectivity index (χ0n) is 21.5.